The van der Waals surface area contributed by atoms with Gasteiger partial charge in [0.15, 0.2) is 0 Å². The smallest absolute Gasteiger partial charge is 0.0382 e. The Hall–Kier alpha value is -0.780. The number of allylic oxidation sites excluding steroid dienone is 5. The maximum Gasteiger partial charge on any atom is -0.0382 e. The first-order valence-corrected chi connectivity index (χ1v) is 4.50. The van der Waals surface area contributed by atoms with E-state index in [0.717, 1.165) is 6.42 Å². The fourth-order valence-corrected chi connectivity index (χ4v) is 0. The Morgan fingerprint density at radius 1 is 0.833 bits per heavy atom. The summed E-state index contributed by atoms with van der Waals surface area (Å²) in [6.45, 7) is 13.5. The van der Waals surface area contributed by atoms with Gasteiger partial charge < -0.3 is 0 Å². The first kappa shape index (κ1) is 17.3. The van der Waals surface area contributed by atoms with E-state index in [9.17, 15) is 0 Å². The maximum absolute atomic E-state index is 3.48. The van der Waals surface area contributed by atoms with Crippen LogP contribution < -0.4 is 0 Å². The van der Waals surface area contributed by atoms with Crippen LogP contribution in [-0.4, -0.2) is 0 Å². The van der Waals surface area contributed by atoms with E-state index in [1.54, 1.807) is 0 Å². The highest BCUT2D eigenvalue weighted by Crippen LogP contribution is 1.66. The number of hydrogen-bond donors (Lipinski definition) is 0. The van der Waals surface area contributed by atoms with Crippen molar-refractivity contribution in [2.24, 2.45) is 0 Å². The lowest BCUT2D eigenvalue weighted by molar-refractivity contribution is 1.23. The fraction of sp³-hybridized carbons (Fsp3) is 0.500. The van der Waals surface area contributed by atoms with Gasteiger partial charge in [-0.3, -0.25) is 0 Å². The van der Waals surface area contributed by atoms with Crippen molar-refractivity contribution in [1.82, 2.24) is 0 Å². The van der Waals surface area contributed by atoms with Gasteiger partial charge in [-0.1, -0.05) is 37.3 Å². The number of hydrogen-bond acceptors (Lipinski definition) is 0. The van der Waals surface area contributed by atoms with Gasteiger partial charge in [-0.05, 0) is 34.1 Å². The lowest BCUT2D eigenvalue weighted by atomic mass is 10.5. The molecule has 0 aliphatic heterocycles. The Labute approximate surface area is 78.7 Å². The zero-order valence-electron chi connectivity index (χ0n) is 9.30. The van der Waals surface area contributed by atoms with Crippen LogP contribution in [0, 0.1) is 0 Å². The summed E-state index contributed by atoms with van der Waals surface area (Å²) in [5, 5.41) is 0. The first-order valence-electron chi connectivity index (χ1n) is 4.50. The summed E-state index contributed by atoms with van der Waals surface area (Å²) in [5.74, 6) is 0. The largest absolute Gasteiger partial charge is 0.103 e. The Morgan fingerprint density at radius 3 is 1.00 bits per heavy atom. The van der Waals surface area contributed by atoms with E-state index in [2.05, 4.69) is 13.5 Å². The molecule has 0 radical (unpaired) electrons. The third-order valence-corrected chi connectivity index (χ3v) is 0.955. The van der Waals surface area contributed by atoms with Crippen LogP contribution in [0.25, 0.3) is 0 Å². The minimum Gasteiger partial charge on any atom is -0.103 e. The van der Waals surface area contributed by atoms with Gasteiger partial charge in [-0.15, -0.1) is 6.58 Å². The second-order valence-corrected chi connectivity index (χ2v) is 2.03. The summed E-state index contributed by atoms with van der Waals surface area (Å²) < 4.78 is 0. The summed E-state index contributed by atoms with van der Waals surface area (Å²) in [4.78, 5) is 0. The zero-order valence-corrected chi connectivity index (χ0v) is 9.30. The van der Waals surface area contributed by atoms with Crippen LogP contribution in [-0.2, 0) is 0 Å². The molecule has 0 aromatic heterocycles. The topological polar surface area (TPSA) is 0 Å². The van der Waals surface area contributed by atoms with Gasteiger partial charge in [0.25, 0.3) is 0 Å². The van der Waals surface area contributed by atoms with Gasteiger partial charge in [0.05, 0.1) is 0 Å². The van der Waals surface area contributed by atoms with Crippen LogP contribution in [0.3, 0.4) is 0 Å². The molecular weight excluding hydrogens is 144 g/mol. The zero-order chi connectivity index (χ0) is 10.2. The molecule has 0 N–H and O–H groups in total. The van der Waals surface area contributed by atoms with E-state index in [1.807, 2.05) is 58.1 Å². The molecule has 12 heavy (non-hydrogen) atoms. The average Bonchev–Trinajstić information content (AvgIpc) is 2.18. The van der Waals surface area contributed by atoms with Crippen molar-refractivity contribution in [3.63, 3.8) is 0 Å². The highest BCUT2D eigenvalue weighted by atomic mass is 13.5. The lowest BCUT2D eigenvalue weighted by Gasteiger charge is -1.57. The summed E-state index contributed by atoms with van der Waals surface area (Å²) in [6.07, 6.45) is 11.0. The van der Waals surface area contributed by atoms with Crippen LogP contribution >= 0.6 is 0 Å². The Bertz CT molecular complexity index is 78.6. The predicted molar refractivity (Wildman–Crippen MR) is 61.5 cm³/mol. The fourth-order valence-electron chi connectivity index (χ4n) is 0. The van der Waals surface area contributed by atoms with Crippen molar-refractivity contribution >= 4 is 0 Å². The molecule has 0 heterocycles. The van der Waals surface area contributed by atoms with E-state index in [-0.39, 0.29) is 0 Å². The quantitative estimate of drug-likeness (QED) is 0.496. The van der Waals surface area contributed by atoms with Crippen molar-refractivity contribution in [3.8, 4) is 0 Å². The second kappa shape index (κ2) is 31.9. The van der Waals surface area contributed by atoms with E-state index in [1.165, 1.54) is 0 Å². The summed E-state index contributed by atoms with van der Waals surface area (Å²) in [6, 6.07) is 0. The Morgan fingerprint density at radius 2 is 1.00 bits per heavy atom. The van der Waals surface area contributed by atoms with Crippen LogP contribution in [0.5, 0.6) is 0 Å². The molecule has 0 aromatic carbocycles. The molecule has 72 valence electrons. The van der Waals surface area contributed by atoms with E-state index >= 15 is 0 Å². The molecule has 0 aliphatic rings. The molecule has 0 saturated heterocycles. The summed E-state index contributed by atoms with van der Waals surface area (Å²) in [5.41, 5.74) is 0. The second-order valence-electron chi connectivity index (χ2n) is 2.03. The molecule has 0 heteroatoms. The van der Waals surface area contributed by atoms with Crippen molar-refractivity contribution in [3.05, 3.63) is 37.0 Å². The molecule has 0 nitrogen and oxygen atoms in total. The van der Waals surface area contributed by atoms with Crippen LogP contribution in [0.4, 0.5) is 0 Å². The van der Waals surface area contributed by atoms with Crippen molar-refractivity contribution in [2.75, 3.05) is 0 Å². The predicted octanol–water partition coefficient (Wildman–Crippen LogP) is 4.75. The van der Waals surface area contributed by atoms with Gasteiger partial charge >= 0.3 is 0 Å². The van der Waals surface area contributed by atoms with Gasteiger partial charge in [0, 0.05) is 0 Å². The average molecular weight is 168 g/mol. The molecule has 0 unspecified atom stereocenters. The van der Waals surface area contributed by atoms with Gasteiger partial charge in [-0.2, -0.15) is 0 Å². The first-order chi connectivity index (χ1) is 5.74. The van der Waals surface area contributed by atoms with E-state index in [4.69, 9.17) is 0 Å². The molecule has 0 spiro atoms. The molecule has 0 bridgehead atoms. The lowest BCUT2D eigenvalue weighted by Crippen LogP contribution is -1.36. The van der Waals surface area contributed by atoms with Gasteiger partial charge in [0.2, 0.25) is 0 Å². The normalized spacial score (nSPS) is 8.42. The third-order valence-electron chi connectivity index (χ3n) is 0.955. The van der Waals surface area contributed by atoms with Gasteiger partial charge in [-0.25, -0.2) is 0 Å². The summed E-state index contributed by atoms with van der Waals surface area (Å²) in [7, 11) is 0. The van der Waals surface area contributed by atoms with Crippen molar-refractivity contribution in [2.45, 2.75) is 41.0 Å². The Kier molecular flexibility index (Phi) is 46.1. The minimum absolute atomic E-state index is 1.08. The highest BCUT2D eigenvalue weighted by molar-refractivity contribution is 4.68. The maximum atomic E-state index is 3.48. The molecule has 0 atom stereocenters. The molecule has 0 aromatic rings. The molecule has 0 saturated carbocycles. The minimum atomic E-state index is 1.08. The monoisotopic (exact) mass is 168 g/mol. The highest BCUT2D eigenvalue weighted by Gasteiger charge is 1.45. The Balaban J connectivity index is -0.000000101. The third kappa shape index (κ3) is 126. The summed E-state index contributed by atoms with van der Waals surface area (Å²) >= 11 is 0. The molecule has 0 fully saturated rings. The standard InChI is InChI=1S/3C4H8/c3*1-3-4-2/h2*3-4H,1-2H3;3H,1,4H2,2H3. The molecule has 0 rings (SSSR count). The van der Waals surface area contributed by atoms with Gasteiger partial charge in [0.1, 0.15) is 0 Å². The SMILES string of the molecule is C=CCC.CC=CC.CC=CC. The van der Waals surface area contributed by atoms with Crippen LogP contribution in [0.1, 0.15) is 41.0 Å². The van der Waals surface area contributed by atoms with Crippen LogP contribution in [0.15, 0.2) is 37.0 Å². The van der Waals surface area contributed by atoms with Crippen molar-refractivity contribution < 1.29 is 0 Å². The van der Waals surface area contributed by atoms with Crippen molar-refractivity contribution in [1.29, 1.82) is 0 Å². The molecule has 0 aliphatic carbocycles. The molecular formula is C12H24. The molecule has 0 amide bonds. The van der Waals surface area contributed by atoms with Crippen LogP contribution in [0.2, 0.25) is 0 Å². The van der Waals surface area contributed by atoms with E-state index < -0.39 is 0 Å². The number of rotatable bonds is 1. The van der Waals surface area contributed by atoms with E-state index in [0.29, 0.717) is 0 Å².